The first-order valence-corrected chi connectivity index (χ1v) is 14.4. The van der Waals surface area contributed by atoms with Gasteiger partial charge in [-0.3, -0.25) is 4.90 Å². The molecule has 0 aromatic carbocycles. The van der Waals surface area contributed by atoms with E-state index in [9.17, 15) is 0 Å². The molecule has 0 aromatic rings. The molecule has 0 aromatic heterocycles. The smallest absolute Gasteiger partial charge is 0.0605 e. The molecule has 0 amide bonds. The Balaban J connectivity index is 1.50. The molecular formula is C28H57N3O. The first kappa shape index (κ1) is 28.1. The van der Waals surface area contributed by atoms with Crippen LogP contribution in [0.4, 0.5) is 0 Å². The zero-order chi connectivity index (χ0) is 23.0. The Labute approximate surface area is 201 Å². The third-order valence-electron chi connectivity index (χ3n) is 7.81. The topological polar surface area (TPSA) is 27.7 Å². The first-order chi connectivity index (χ1) is 15.6. The van der Waals surface area contributed by atoms with Crippen LogP contribution in [0.3, 0.4) is 0 Å². The van der Waals surface area contributed by atoms with Gasteiger partial charge in [0.05, 0.1) is 12.7 Å². The van der Waals surface area contributed by atoms with Crippen molar-refractivity contribution in [3.8, 4) is 0 Å². The van der Waals surface area contributed by atoms with Crippen LogP contribution >= 0.6 is 0 Å². The normalized spacial score (nSPS) is 24.4. The molecule has 2 atom stereocenters. The highest BCUT2D eigenvalue weighted by Crippen LogP contribution is 2.24. The highest BCUT2D eigenvalue weighted by Gasteiger charge is 2.29. The van der Waals surface area contributed by atoms with Crippen LogP contribution < -0.4 is 5.32 Å². The molecule has 0 spiro atoms. The third-order valence-corrected chi connectivity index (χ3v) is 7.81. The van der Waals surface area contributed by atoms with Gasteiger partial charge in [0.25, 0.3) is 0 Å². The molecule has 190 valence electrons. The summed E-state index contributed by atoms with van der Waals surface area (Å²) in [7, 11) is 0. The molecule has 2 unspecified atom stereocenters. The number of rotatable bonds is 19. The van der Waals surface area contributed by atoms with Crippen LogP contribution in [-0.4, -0.2) is 74.4 Å². The lowest BCUT2D eigenvalue weighted by molar-refractivity contribution is -0.0286. The van der Waals surface area contributed by atoms with Gasteiger partial charge in [0.2, 0.25) is 0 Å². The molecule has 2 fully saturated rings. The Morgan fingerprint density at radius 3 is 2.19 bits per heavy atom. The fraction of sp³-hybridized carbons (Fsp3) is 1.00. The summed E-state index contributed by atoms with van der Waals surface area (Å²) in [6.07, 6.45) is 16.8. The van der Waals surface area contributed by atoms with E-state index in [1.54, 1.807) is 0 Å². The Kier molecular flexibility index (Phi) is 15.2. The summed E-state index contributed by atoms with van der Waals surface area (Å²) < 4.78 is 6.17. The number of piperazine rings is 1. The van der Waals surface area contributed by atoms with Crippen molar-refractivity contribution in [2.45, 2.75) is 117 Å². The average Bonchev–Trinajstić information content (AvgIpc) is 2.77. The van der Waals surface area contributed by atoms with Crippen LogP contribution in [0, 0.1) is 11.8 Å². The lowest BCUT2D eigenvalue weighted by Gasteiger charge is -2.38. The van der Waals surface area contributed by atoms with E-state index in [1.165, 1.54) is 116 Å². The highest BCUT2D eigenvalue weighted by molar-refractivity contribution is 4.86. The molecule has 1 aliphatic heterocycles. The number of hydrogen-bond acceptors (Lipinski definition) is 4. The minimum absolute atomic E-state index is 0.502. The summed E-state index contributed by atoms with van der Waals surface area (Å²) in [6, 6.07) is 0.700. The lowest BCUT2D eigenvalue weighted by atomic mass is 9.88. The molecule has 0 radical (unpaired) electrons. The van der Waals surface area contributed by atoms with Gasteiger partial charge in [0, 0.05) is 45.3 Å². The second kappa shape index (κ2) is 17.3. The summed E-state index contributed by atoms with van der Waals surface area (Å²) in [6.45, 7) is 18.8. The van der Waals surface area contributed by atoms with Gasteiger partial charge in [0.1, 0.15) is 0 Å². The number of nitrogens with zero attached hydrogens (tertiary/aromatic N) is 2. The second-order valence-electron chi connectivity index (χ2n) is 11.0. The maximum absolute atomic E-state index is 6.17. The van der Waals surface area contributed by atoms with Gasteiger partial charge in [-0.2, -0.15) is 0 Å². The van der Waals surface area contributed by atoms with Gasteiger partial charge < -0.3 is 15.0 Å². The van der Waals surface area contributed by atoms with Crippen molar-refractivity contribution in [2.75, 3.05) is 52.4 Å². The fourth-order valence-corrected chi connectivity index (χ4v) is 5.42. The average molecular weight is 452 g/mol. The highest BCUT2D eigenvalue weighted by atomic mass is 16.5. The van der Waals surface area contributed by atoms with E-state index in [0.29, 0.717) is 12.1 Å². The van der Waals surface area contributed by atoms with Gasteiger partial charge >= 0.3 is 0 Å². The van der Waals surface area contributed by atoms with Gasteiger partial charge in [-0.15, -0.1) is 0 Å². The number of hydrogen-bond donors (Lipinski definition) is 1. The van der Waals surface area contributed by atoms with Gasteiger partial charge in [-0.05, 0) is 50.5 Å². The Morgan fingerprint density at radius 1 is 0.812 bits per heavy atom. The Hall–Kier alpha value is -0.160. The van der Waals surface area contributed by atoms with E-state index in [2.05, 4.69) is 42.8 Å². The van der Waals surface area contributed by atoms with Crippen molar-refractivity contribution in [2.24, 2.45) is 11.8 Å². The van der Waals surface area contributed by atoms with Crippen molar-refractivity contribution in [1.82, 2.24) is 15.1 Å². The number of nitrogens with one attached hydrogen (secondary N) is 1. The minimum atomic E-state index is 0.502. The van der Waals surface area contributed by atoms with Crippen molar-refractivity contribution < 1.29 is 4.74 Å². The van der Waals surface area contributed by atoms with E-state index in [-0.39, 0.29) is 0 Å². The van der Waals surface area contributed by atoms with Crippen LogP contribution in [0.25, 0.3) is 0 Å². The van der Waals surface area contributed by atoms with E-state index in [0.717, 1.165) is 25.0 Å². The van der Waals surface area contributed by atoms with Crippen molar-refractivity contribution in [3.05, 3.63) is 0 Å². The van der Waals surface area contributed by atoms with Gasteiger partial charge in [0.15, 0.2) is 0 Å². The van der Waals surface area contributed by atoms with Crippen LogP contribution in [0.15, 0.2) is 0 Å². The predicted molar refractivity (Wildman–Crippen MR) is 139 cm³/mol. The number of ether oxygens (including phenoxy) is 1. The minimum Gasteiger partial charge on any atom is -0.377 e. The second-order valence-corrected chi connectivity index (χ2v) is 11.0. The van der Waals surface area contributed by atoms with E-state index >= 15 is 0 Å². The molecule has 1 N–H and O–H groups in total. The monoisotopic (exact) mass is 451 g/mol. The molecule has 32 heavy (non-hydrogen) atoms. The van der Waals surface area contributed by atoms with E-state index in [4.69, 9.17) is 4.74 Å². The molecule has 1 aliphatic carbocycles. The van der Waals surface area contributed by atoms with Gasteiger partial charge in [-0.25, -0.2) is 0 Å². The molecule has 2 aliphatic rings. The van der Waals surface area contributed by atoms with Crippen LogP contribution in [0.1, 0.15) is 105 Å². The summed E-state index contributed by atoms with van der Waals surface area (Å²) in [4.78, 5) is 5.37. The molecule has 1 saturated heterocycles. The zero-order valence-corrected chi connectivity index (χ0v) is 22.3. The van der Waals surface area contributed by atoms with Crippen molar-refractivity contribution >= 4 is 0 Å². The Morgan fingerprint density at radius 2 is 1.50 bits per heavy atom. The SMILES string of the molecule is CCCCCCC(CCCC)CN1CCN(CCOC2CC(NCC(C)CCC)C2)CC1. The molecule has 1 saturated carbocycles. The molecule has 0 bridgehead atoms. The predicted octanol–water partition coefficient (Wildman–Crippen LogP) is 5.95. The summed E-state index contributed by atoms with van der Waals surface area (Å²) >= 11 is 0. The molecule has 1 heterocycles. The maximum atomic E-state index is 6.17. The van der Waals surface area contributed by atoms with Crippen LogP contribution in [0.2, 0.25) is 0 Å². The van der Waals surface area contributed by atoms with Gasteiger partial charge in [-0.1, -0.05) is 72.6 Å². The van der Waals surface area contributed by atoms with Crippen LogP contribution in [0.5, 0.6) is 0 Å². The lowest BCUT2D eigenvalue weighted by Crippen LogP contribution is -2.49. The molecule has 2 rings (SSSR count). The molecule has 4 heteroatoms. The van der Waals surface area contributed by atoms with Crippen molar-refractivity contribution in [1.29, 1.82) is 0 Å². The standard InChI is InChI=1S/C28H57N3O/c1-5-8-10-11-14-26(13-9-6-2)24-31-17-15-30(16-18-31)19-20-32-28-21-27(22-28)29-23-25(4)12-7-3/h25-29H,5-24H2,1-4H3. The van der Waals surface area contributed by atoms with E-state index < -0.39 is 0 Å². The largest absolute Gasteiger partial charge is 0.377 e. The van der Waals surface area contributed by atoms with E-state index in [1.807, 2.05) is 0 Å². The van der Waals surface area contributed by atoms with Crippen molar-refractivity contribution in [3.63, 3.8) is 0 Å². The Bertz CT molecular complexity index is 432. The third kappa shape index (κ3) is 11.8. The summed E-state index contributed by atoms with van der Waals surface area (Å²) in [5.74, 6) is 1.73. The number of unbranched alkanes of at least 4 members (excludes halogenated alkanes) is 4. The molecule has 4 nitrogen and oxygen atoms in total. The zero-order valence-electron chi connectivity index (χ0n) is 22.3. The van der Waals surface area contributed by atoms with Crippen LogP contribution in [-0.2, 0) is 4.74 Å². The maximum Gasteiger partial charge on any atom is 0.0605 e. The molecular weight excluding hydrogens is 394 g/mol. The summed E-state index contributed by atoms with van der Waals surface area (Å²) in [5, 5.41) is 3.73. The first-order valence-electron chi connectivity index (χ1n) is 14.4. The quantitative estimate of drug-likeness (QED) is 0.245. The summed E-state index contributed by atoms with van der Waals surface area (Å²) in [5.41, 5.74) is 0. The fourth-order valence-electron chi connectivity index (χ4n) is 5.42.